The maximum Gasteiger partial charge on any atom is 0.267 e. The van der Waals surface area contributed by atoms with Gasteiger partial charge in [-0.05, 0) is 116 Å². The number of aliphatic hydroxyl groups excluding tert-OH is 4. The molecule has 4 aromatic rings. The molecule has 0 aliphatic heterocycles. The maximum absolute atomic E-state index is 11.7. The average molecular weight is 1210 g/mol. The van der Waals surface area contributed by atoms with Gasteiger partial charge in [0.1, 0.15) is 13.2 Å². The van der Waals surface area contributed by atoms with Crippen LogP contribution in [0.15, 0.2) is 97.1 Å². The average Bonchev–Trinajstić information content (AvgIpc) is 3.74. The van der Waals surface area contributed by atoms with Crippen molar-refractivity contribution in [3.8, 4) is 0 Å². The van der Waals surface area contributed by atoms with Crippen molar-refractivity contribution in [3.05, 3.63) is 172 Å². The Labute approximate surface area is 524 Å². The number of nitrogens with two attached hydrogens (primary N) is 1. The molecule has 0 fully saturated rings. The van der Waals surface area contributed by atoms with Crippen molar-refractivity contribution in [2.24, 2.45) is 5.73 Å². The second-order valence-corrected chi connectivity index (χ2v) is 24.1. The molecule has 0 atom stereocenters. The zero-order chi connectivity index (χ0) is 64.2. The van der Waals surface area contributed by atoms with Crippen molar-refractivity contribution < 1.29 is 40.0 Å². The molecule has 0 saturated carbocycles. The number of nitro groups is 3. The van der Waals surface area contributed by atoms with Gasteiger partial charge in [-0.1, -0.05) is 253 Å². The summed E-state index contributed by atoms with van der Waals surface area (Å²) in [6, 6.07) is 32.9. The lowest BCUT2D eigenvalue weighted by molar-refractivity contribution is -0.578. The third kappa shape index (κ3) is 39.9. The molecular formula is C72H116N4O11. The lowest BCUT2D eigenvalue weighted by Gasteiger charge is -2.24. The number of rotatable bonds is 47. The van der Waals surface area contributed by atoms with E-state index in [0.717, 1.165) is 44.1 Å². The molecule has 0 unspecified atom stereocenters. The van der Waals surface area contributed by atoms with Gasteiger partial charge in [0.2, 0.25) is 13.1 Å². The summed E-state index contributed by atoms with van der Waals surface area (Å²) in [5.74, 6) is -0.155. The number of nitrogens with zero attached hydrogens (tertiary/aromatic N) is 3. The SMILES string of the molecule is CCCCCCCCc1ccc(C(=O)CC[N+](=O)[O-])cc1.CCCCCCCCc1ccc(CCC(CO)(CO)[N+](=O)[O-])cc1.CCCCCCCCc1ccc(CCC(N)(CO)CO)cc1.CCCCCCCCc1ccc(CCC[N+](=O)[O-])cc1. The number of aliphatic hydroxyl groups is 4. The number of ketones is 1. The van der Waals surface area contributed by atoms with Crippen LogP contribution >= 0.6 is 0 Å². The Bertz CT molecular complexity index is 2320. The van der Waals surface area contributed by atoms with Crippen LogP contribution in [0.1, 0.15) is 257 Å². The highest BCUT2D eigenvalue weighted by Gasteiger charge is 2.41. The molecule has 0 bridgehead atoms. The van der Waals surface area contributed by atoms with Crippen LogP contribution in [0.2, 0.25) is 0 Å². The van der Waals surface area contributed by atoms with E-state index in [1.165, 1.54) is 187 Å². The van der Waals surface area contributed by atoms with E-state index in [1.807, 2.05) is 24.3 Å². The number of carbonyl (C=O) groups is 1. The normalized spacial score (nSPS) is 11.2. The molecule has 0 aliphatic rings. The first kappa shape index (κ1) is 79.6. The van der Waals surface area contributed by atoms with Gasteiger partial charge >= 0.3 is 0 Å². The molecule has 0 aliphatic carbocycles. The van der Waals surface area contributed by atoms with Gasteiger partial charge < -0.3 is 26.2 Å². The van der Waals surface area contributed by atoms with Crippen LogP contribution in [0.25, 0.3) is 0 Å². The second-order valence-electron chi connectivity index (χ2n) is 24.1. The Kier molecular flexibility index (Phi) is 47.0. The zero-order valence-electron chi connectivity index (χ0n) is 54.3. The summed E-state index contributed by atoms with van der Waals surface area (Å²) in [5.41, 5.74) is 12.7. The standard InChI is InChI=1S/C19H31NO4.C19H33NO2.C17H25NO3.C17H27NO2/c1-2-3-4-5-6-7-8-17-9-11-18(12-10-17)13-14-19(15-21,16-22)20(23)24;1-2-3-4-5-6-7-8-17-9-11-18(12-10-17)13-14-19(20,15-21)16-22;1-2-3-4-5-6-7-8-15-9-11-16(12-10-15)17(19)13-14-18(20)21;1-2-3-4-5-6-7-9-16-11-13-17(14-12-16)10-8-15-18(19)20/h9-12,21-22H,2-8,13-16H2,1H3;9-12,21-22H,2-8,13-16,20H2,1H3;9-12H,2-8,13-14H2,1H3;11-14H,2-10,15H2,1H3. The van der Waals surface area contributed by atoms with Gasteiger partial charge in [0, 0.05) is 33.2 Å². The maximum atomic E-state index is 11.7. The molecule has 0 saturated heterocycles. The summed E-state index contributed by atoms with van der Waals surface area (Å²) in [6.45, 7) is 7.05. The van der Waals surface area contributed by atoms with Gasteiger partial charge in [0.05, 0.1) is 25.2 Å². The van der Waals surface area contributed by atoms with Gasteiger partial charge in [0.25, 0.3) is 5.54 Å². The zero-order valence-corrected chi connectivity index (χ0v) is 54.3. The summed E-state index contributed by atoms with van der Waals surface area (Å²) >= 11 is 0. The van der Waals surface area contributed by atoms with E-state index in [0.29, 0.717) is 24.8 Å². The van der Waals surface area contributed by atoms with Crippen molar-refractivity contribution in [3.63, 3.8) is 0 Å². The lowest BCUT2D eigenvalue weighted by Crippen LogP contribution is -2.47. The molecule has 0 aromatic heterocycles. The highest BCUT2D eigenvalue weighted by molar-refractivity contribution is 5.96. The van der Waals surface area contributed by atoms with Gasteiger partial charge in [-0.2, -0.15) is 0 Å². The van der Waals surface area contributed by atoms with Crippen LogP contribution in [-0.2, 0) is 44.9 Å². The third-order valence-corrected chi connectivity index (χ3v) is 16.3. The van der Waals surface area contributed by atoms with E-state index in [1.54, 1.807) is 12.1 Å². The Balaban J connectivity index is 0.000000581. The number of aryl methyl sites for hydroxylation is 7. The molecule has 4 rings (SSSR count). The van der Waals surface area contributed by atoms with Gasteiger partial charge in [-0.25, -0.2) is 0 Å². The second kappa shape index (κ2) is 51.4. The van der Waals surface area contributed by atoms with Crippen molar-refractivity contribution in [2.45, 2.75) is 264 Å². The van der Waals surface area contributed by atoms with E-state index in [-0.39, 0.29) is 49.9 Å². The Morgan fingerprint density at radius 1 is 0.368 bits per heavy atom. The Hall–Kier alpha value is -5.45. The van der Waals surface area contributed by atoms with Crippen LogP contribution in [0, 0.1) is 30.3 Å². The van der Waals surface area contributed by atoms with Crippen LogP contribution in [0.3, 0.4) is 0 Å². The molecule has 0 spiro atoms. The van der Waals surface area contributed by atoms with E-state index in [4.69, 9.17) is 5.73 Å². The summed E-state index contributed by atoms with van der Waals surface area (Å²) in [6.07, 6.45) is 39.1. The lowest BCUT2D eigenvalue weighted by atomic mass is 9.93. The fraction of sp³-hybridized carbons (Fsp3) is 0.653. The first-order valence-corrected chi connectivity index (χ1v) is 33.5. The van der Waals surface area contributed by atoms with Crippen LogP contribution in [-0.4, -0.2) is 91.6 Å². The van der Waals surface area contributed by atoms with E-state index in [2.05, 4.69) is 88.4 Å². The molecule has 87 heavy (non-hydrogen) atoms. The monoisotopic (exact) mass is 1210 g/mol. The molecule has 15 heteroatoms. The van der Waals surface area contributed by atoms with Crippen LogP contribution in [0.4, 0.5) is 0 Å². The van der Waals surface area contributed by atoms with Gasteiger partial charge in [0.15, 0.2) is 5.78 Å². The number of Topliss-reactive ketones (excluding diaryl/α,β-unsaturated/α-hetero) is 1. The smallest absolute Gasteiger partial charge is 0.267 e. The van der Waals surface area contributed by atoms with Crippen molar-refractivity contribution in [2.75, 3.05) is 39.5 Å². The summed E-state index contributed by atoms with van der Waals surface area (Å²) < 4.78 is 0. The number of carbonyl (C=O) groups excluding carboxylic acids is 1. The molecule has 0 heterocycles. The van der Waals surface area contributed by atoms with Crippen molar-refractivity contribution in [1.29, 1.82) is 0 Å². The molecule has 15 nitrogen and oxygen atoms in total. The first-order chi connectivity index (χ1) is 42.1. The summed E-state index contributed by atoms with van der Waals surface area (Å²) in [7, 11) is 0. The van der Waals surface area contributed by atoms with E-state index < -0.39 is 34.1 Å². The van der Waals surface area contributed by atoms with Gasteiger partial charge in [-0.15, -0.1) is 0 Å². The number of unbranched alkanes of at least 4 members (excludes halogenated alkanes) is 20. The van der Waals surface area contributed by atoms with Crippen LogP contribution in [0.5, 0.6) is 0 Å². The number of hydrogen-bond acceptors (Lipinski definition) is 12. The van der Waals surface area contributed by atoms with E-state index in [9.17, 15) is 55.6 Å². The predicted molar refractivity (Wildman–Crippen MR) is 357 cm³/mol. The molecule has 0 radical (unpaired) electrons. The minimum absolute atomic E-state index is 0.0240. The van der Waals surface area contributed by atoms with Crippen molar-refractivity contribution in [1.82, 2.24) is 0 Å². The van der Waals surface area contributed by atoms with Crippen LogP contribution < -0.4 is 5.73 Å². The fourth-order valence-electron chi connectivity index (χ4n) is 10.1. The largest absolute Gasteiger partial charge is 0.394 e. The predicted octanol–water partition coefficient (Wildman–Crippen LogP) is 16.0. The van der Waals surface area contributed by atoms with E-state index >= 15 is 0 Å². The number of hydrogen-bond donors (Lipinski definition) is 5. The Morgan fingerprint density at radius 2 is 0.632 bits per heavy atom. The quantitative estimate of drug-likeness (QED) is 0.0120. The van der Waals surface area contributed by atoms with Gasteiger partial charge in [-0.3, -0.25) is 35.1 Å². The molecule has 0 amide bonds. The minimum atomic E-state index is -1.64. The van der Waals surface area contributed by atoms with Crippen molar-refractivity contribution >= 4 is 5.78 Å². The Morgan fingerprint density at radius 3 is 0.908 bits per heavy atom. The fourth-order valence-corrected chi connectivity index (χ4v) is 10.1. The summed E-state index contributed by atoms with van der Waals surface area (Å²) in [4.78, 5) is 42.0. The molecule has 490 valence electrons. The molecule has 4 aromatic carbocycles. The summed E-state index contributed by atoms with van der Waals surface area (Å²) in [5, 5.41) is 68.5. The molecule has 6 N–H and O–H groups in total. The highest BCUT2D eigenvalue weighted by atomic mass is 16.6. The minimum Gasteiger partial charge on any atom is -0.394 e. The third-order valence-electron chi connectivity index (χ3n) is 16.3. The number of benzene rings is 4. The first-order valence-electron chi connectivity index (χ1n) is 33.5. The topological polar surface area (TPSA) is 253 Å². The highest BCUT2D eigenvalue weighted by Crippen LogP contribution is 2.21. The molecular weight excluding hydrogens is 1100 g/mol.